The van der Waals surface area contributed by atoms with Gasteiger partial charge in [0.2, 0.25) is 5.91 Å². The predicted molar refractivity (Wildman–Crippen MR) is 79.7 cm³/mol. The molecule has 0 spiro atoms. The average molecular weight is 272 g/mol. The third kappa shape index (κ3) is 4.20. The largest absolute Gasteiger partial charge is 0.328 e. The molecule has 20 heavy (non-hydrogen) atoms. The molecular formula is C15H20N4O. The molecule has 0 bridgehead atoms. The van der Waals surface area contributed by atoms with E-state index < -0.39 is 0 Å². The molecule has 2 aromatic rings. The average Bonchev–Trinajstić information content (AvgIpc) is 2.93. The number of benzene rings is 1. The monoisotopic (exact) mass is 272 g/mol. The van der Waals surface area contributed by atoms with Gasteiger partial charge in [-0.25, -0.2) is 4.68 Å². The van der Waals surface area contributed by atoms with Gasteiger partial charge >= 0.3 is 0 Å². The first kappa shape index (κ1) is 14.3. The van der Waals surface area contributed by atoms with Gasteiger partial charge in [0.15, 0.2) is 0 Å². The first-order chi connectivity index (χ1) is 9.65. The van der Waals surface area contributed by atoms with Gasteiger partial charge in [-0.05, 0) is 50.1 Å². The van der Waals surface area contributed by atoms with Crippen molar-refractivity contribution < 1.29 is 4.79 Å². The van der Waals surface area contributed by atoms with Gasteiger partial charge in [0, 0.05) is 30.5 Å². The Morgan fingerprint density at radius 2 is 2.15 bits per heavy atom. The summed E-state index contributed by atoms with van der Waals surface area (Å²) in [6, 6.07) is 9.61. The fraction of sp³-hybridized carbons (Fsp3) is 0.333. The Balaban J connectivity index is 1.86. The number of amides is 1. The van der Waals surface area contributed by atoms with Crippen LogP contribution in [0, 0.1) is 0 Å². The molecule has 5 nitrogen and oxygen atoms in total. The Hall–Kier alpha value is -2.14. The number of anilines is 1. The summed E-state index contributed by atoms with van der Waals surface area (Å²) in [5.74, 6) is 0.0255. The lowest BCUT2D eigenvalue weighted by Gasteiger charge is -2.07. The zero-order valence-corrected chi connectivity index (χ0v) is 11.6. The minimum absolute atomic E-state index is 0.0255. The van der Waals surface area contributed by atoms with Gasteiger partial charge < -0.3 is 11.1 Å². The van der Waals surface area contributed by atoms with Crippen LogP contribution in [0.3, 0.4) is 0 Å². The summed E-state index contributed by atoms with van der Waals surface area (Å²) in [5.41, 5.74) is 7.42. The molecule has 1 aromatic heterocycles. The molecule has 1 atom stereocenters. The summed E-state index contributed by atoms with van der Waals surface area (Å²) >= 11 is 0. The second kappa shape index (κ2) is 6.86. The van der Waals surface area contributed by atoms with Crippen LogP contribution >= 0.6 is 0 Å². The molecule has 0 aliphatic heterocycles. The lowest BCUT2D eigenvalue weighted by Crippen LogP contribution is -2.16. The SMILES string of the molecule is CC(N)CCCC(=O)Nc1ccc(-n2cccn2)cc1. The molecule has 0 aliphatic rings. The van der Waals surface area contributed by atoms with Crippen LogP contribution in [0.25, 0.3) is 5.69 Å². The quantitative estimate of drug-likeness (QED) is 0.847. The van der Waals surface area contributed by atoms with Crippen LogP contribution in [0.1, 0.15) is 26.2 Å². The molecule has 0 aliphatic carbocycles. The number of nitrogens with zero attached hydrogens (tertiary/aromatic N) is 2. The van der Waals surface area contributed by atoms with E-state index in [1.54, 1.807) is 10.9 Å². The highest BCUT2D eigenvalue weighted by atomic mass is 16.1. The highest BCUT2D eigenvalue weighted by Gasteiger charge is 2.04. The summed E-state index contributed by atoms with van der Waals surface area (Å²) in [6.45, 7) is 1.95. The standard InChI is InChI=1S/C15H20N4O/c1-12(16)4-2-5-15(20)18-13-6-8-14(9-7-13)19-11-3-10-17-19/h3,6-12H,2,4-5,16H2,1H3,(H,18,20). The Morgan fingerprint density at radius 1 is 1.40 bits per heavy atom. The van der Waals surface area contributed by atoms with E-state index in [2.05, 4.69) is 10.4 Å². The minimum atomic E-state index is 0.0255. The zero-order chi connectivity index (χ0) is 14.4. The number of aromatic nitrogens is 2. The first-order valence-electron chi connectivity index (χ1n) is 6.80. The smallest absolute Gasteiger partial charge is 0.224 e. The molecule has 0 saturated carbocycles. The molecule has 106 valence electrons. The second-order valence-electron chi connectivity index (χ2n) is 4.92. The fourth-order valence-electron chi connectivity index (χ4n) is 1.93. The van der Waals surface area contributed by atoms with Crippen molar-refractivity contribution in [3.63, 3.8) is 0 Å². The lowest BCUT2D eigenvalue weighted by molar-refractivity contribution is -0.116. The van der Waals surface area contributed by atoms with Crippen molar-refractivity contribution in [3.8, 4) is 5.69 Å². The minimum Gasteiger partial charge on any atom is -0.328 e. The molecule has 1 heterocycles. The zero-order valence-electron chi connectivity index (χ0n) is 11.6. The number of hydrogen-bond acceptors (Lipinski definition) is 3. The van der Waals surface area contributed by atoms with Crippen LogP contribution in [-0.4, -0.2) is 21.7 Å². The van der Waals surface area contributed by atoms with Crippen molar-refractivity contribution in [2.75, 3.05) is 5.32 Å². The van der Waals surface area contributed by atoms with E-state index in [9.17, 15) is 4.79 Å². The Morgan fingerprint density at radius 3 is 2.75 bits per heavy atom. The maximum absolute atomic E-state index is 11.7. The summed E-state index contributed by atoms with van der Waals surface area (Å²) < 4.78 is 1.77. The molecule has 1 aromatic carbocycles. The van der Waals surface area contributed by atoms with Crippen molar-refractivity contribution in [2.45, 2.75) is 32.2 Å². The number of carbonyl (C=O) groups is 1. The van der Waals surface area contributed by atoms with E-state index in [0.717, 1.165) is 24.2 Å². The molecule has 1 amide bonds. The highest BCUT2D eigenvalue weighted by molar-refractivity contribution is 5.90. The predicted octanol–water partition coefficient (Wildman–Crippen LogP) is 2.33. The second-order valence-corrected chi connectivity index (χ2v) is 4.92. The molecule has 0 radical (unpaired) electrons. The van der Waals surface area contributed by atoms with E-state index in [1.807, 2.05) is 43.5 Å². The fourth-order valence-corrected chi connectivity index (χ4v) is 1.93. The summed E-state index contributed by atoms with van der Waals surface area (Å²) in [6.07, 6.45) is 5.79. The number of nitrogens with two attached hydrogens (primary N) is 1. The molecule has 5 heteroatoms. The number of rotatable bonds is 6. The normalized spacial score (nSPS) is 12.1. The van der Waals surface area contributed by atoms with Crippen LogP contribution in [0.4, 0.5) is 5.69 Å². The van der Waals surface area contributed by atoms with E-state index >= 15 is 0 Å². The maximum Gasteiger partial charge on any atom is 0.224 e. The summed E-state index contributed by atoms with van der Waals surface area (Å²) in [5, 5.41) is 7.03. The van der Waals surface area contributed by atoms with Crippen LogP contribution in [0.2, 0.25) is 0 Å². The van der Waals surface area contributed by atoms with Gasteiger partial charge in [0.25, 0.3) is 0 Å². The van der Waals surface area contributed by atoms with Gasteiger partial charge in [-0.3, -0.25) is 4.79 Å². The Labute approximate surface area is 118 Å². The van der Waals surface area contributed by atoms with Gasteiger partial charge in [-0.1, -0.05) is 0 Å². The first-order valence-corrected chi connectivity index (χ1v) is 6.80. The third-order valence-electron chi connectivity index (χ3n) is 2.98. The van der Waals surface area contributed by atoms with Crippen molar-refractivity contribution >= 4 is 11.6 Å². The highest BCUT2D eigenvalue weighted by Crippen LogP contribution is 2.13. The Bertz CT molecular complexity index is 532. The third-order valence-corrected chi connectivity index (χ3v) is 2.98. The van der Waals surface area contributed by atoms with E-state index in [1.165, 1.54) is 0 Å². The summed E-state index contributed by atoms with van der Waals surface area (Å²) in [4.78, 5) is 11.7. The molecule has 0 saturated heterocycles. The number of hydrogen-bond donors (Lipinski definition) is 2. The molecule has 2 rings (SSSR count). The van der Waals surface area contributed by atoms with E-state index in [4.69, 9.17) is 5.73 Å². The van der Waals surface area contributed by atoms with Crippen molar-refractivity contribution in [1.82, 2.24) is 9.78 Å². The number of nitrogens with one attached hydrogen (secondary N) is 1. The molecule has 3 N–H and O–H groups in total. The van der Waals surface area contributed by atoms with Gasteiger partial charge in [0.05, 0.1) is 5.69 Å². The molecule has 1 unspecified atom stereocenters. The number of carbonyl (C=O) groups excluding carboxylic acids is 1. The molecular weight excluding hydrogens is 252 g/mol. The van der Waals surface area contributed by atoms with Crippen molar-refractivity contribution in [1.29, 1.82) is 0 Å². The van der Waals surface area contributed by atoms with E-state index in [-0.39, 0.29) is 11.9 Å². The van der Waals surface area contributed by atoms with Crippen LogP contribution in [0.5, 0.6) is 0 Å². The topological polar surface area (TPSA) is 72.9 Å². The van der Waals surface area contributed by atoms with Gasteiger partial charge in [0.1, 0.15) is 0 Å². The van der Waals surface area contributed by atoms with Gasteiger partial charge in [-0.15, -0.1) is 0 Å². The van der Waals surface area contributed by atoms with Crippen LogP contribution < -0.4 is 11.1 Å². The van der Waals surface area contributed by atoms with Crippen LogP contribution in [0.15, 0.2) is 42.7 Å². The maximum atomic E-state index is 11.7. The lowest BCUT2D eigenvalue weighted by atomic mass is 10.1. The van der Waals surface area contributed by atoms with Crippen molar-refractivity contribution in [3.05, 3.63) is 42.7 Å². The van der Waals surface area contributed by atoms with Crippen molar-refractivity contribution in [2.24, 2.45) is 5.73 Å². The Kier molecular flexibility index (Phi) is 4.90. The molecule has 0 fully saturated rings. The van der Waals surface area contributed by atoms with E-state index in [0.29, 0.717) is 6.42 Å². The summed E-state index contributed by atoms with van der Waals surface area (Å²) in [7, 11) is 0. The van der Waals surface area contributed by atoms with Gasteiger partial charge in [-0.2, -0.15) is 5.10 Å². The van der Waals surface area contributed by atoms with Crippen LogP contribution in [-0.2, 0) is 4.79 Å².